The summed E-state index contributed by atoms with van der Waals surface area (Å²) < 4.78 is 0. The van der Waals surface area contributed by atoms with Crippen molar-refractivity contribution in [3.8, 4) is 0 Å². The molecule has 4 N–H and O–H groups in total. The van der Waals surface area contributed by atoms with E-state index in [1.54, 1.807) is 0 Å². The summed E-state index contributed by atoms with van der Waals surface area (Å²) in [6, 6.07) is 2.10. The van der Waals surface area contributed by atoms with Crippen LogP contribution in [0.15, 0.2) is 6.07 Å². The lowest BCUT2D eigenvalue weighted by Crippen LogP contribution is -2.09. The summed E-state index contributed by atoms with van der Waals surface area (Å²) in [5.74, 6) is 0.704. The minimum atomic E-state index is 0. The second-order valence-electron chi connectivity index (χ2n) is 5.05. The Kier molecular flexibility index (Phi) is 4.70. The van der Waals surface area contributed by atoms with Crippen LogP contribution in [0.25, 0.3) is 0 Å². The summed E-state index contributed by atoms with van der Waals surface area (Å²) in [6.07, 6.45) is 6.72. The van der Waals surface area contributed by atoms with Crippen LogP contribution in [0.1, 0.15) is 54.7 Å². The number of nitrogen functional groups attached to an aromatic ring is 2. The van der Waals surface area contributed by atoms with Gasteiger partial charge in [0.15, 0.2) is 0 Å². The third kappa shape index (κ3) is 2.68. The van der Waals surface area contributed by atoms with Gasteiger partial charge < -0.3 is 11.5 Å². The highest BCUT2D eigenvalue weighted by atomic mass is 35.5. The fraction of sp³-hybridized carbons (Fsp3) is 0.571. The number of rotatable bonds is 1. The molecule has 1 aromatic rings. The molecule has 0 unspecified atom stereocenters. The van der Waals surface area contributed by atoms with Crippen molar-refractivity contribution in [1.29, 1.82) is 0 Å². The van der Waals surface area contributed by atoms with E-state index in [0.717, 1.165) is 11.4 Å². The van der Waals surface area contributed by atoms with Gasteiger partial charge >= 0.3 is 0 Å². The normalized spacial score (nSPS) is 16.6. The summed E-state index contributed by atoms with van der Waals surface area (Å²) in [7, 11) is 0. The van der Waals surface area contributed by atoms with Crippen molar-refractivity contribution < 1.29 is 0 Å². The van der Waals surface area contributed by atoms with Crippen LogP contribution in [-0.2, 0) is 0 Å². The number of benzene rings is 1. The summed E-state index contributed by atoms with van der Waals surface area (Å²) in [5, 5.41) is 0. The Bertz CT molecular complexity index is 396. The molecule has 1 aliphatic rings. The van der Waals surface area contributed by atoms with E-state index < -0.39 is 0 Å². The molecule has 0 spiro atoms. The zero-order chi connectivity index (χ0) is 11.7. The highest BCUT2D eigenvalue weighted by Crippen LogP contribution is 2.38. The largest absolute Gasteiger partial charge is 0.397 e. The Hall–Kier alpha value is -0.890. The van der Waals surface area contributed by atoms with E-state index in [1.807, 2.05) is 0 Å². The second kappa shape index (κ2) is 5.63. The molecule has 0 atom stereocenters. The average molecular weight is 255 g/mol. The highest BCUT2D eigenvalue weighted by molar-refractivity contribution is 5.85. The number of halogens is 1. The van der Waals surface area contributed by atoms with E-state index >= 15 is 0 Å². The van der Waals surface area contributed by atoms with Gasteiger partial charge in [0.2, 0.25) is 0 Å². The summed E-state index contributed by atoms with van der Waals surface area (Å²) >= 11 is 0. The summed E-state index contributed by atoms with van der Waals surface area (Å²) in [5.41, 5.74) is 17.4. The quantitative estimate of drug-likeness (QED) is 0.746. The monoisotopic (exact) mass is 254 g/mol. The first kappa shape index (κ1) is 14.2. The first-order chi connectivity index (χ1) is 7.61. The molecule has 96 valence electrons. The van der Waals surface area contributed by atoms with Crippen LogP contribution < -0.4 is 11.5 Å². The van der Waals surface area contributed by atoms with Crippen molar-refractivity contribution in [3.05, 3.63) is 22.8 Å². The van der Waals surface area contributed by atoms with Gasteiger partial charge in [-0.2, -0.15) is 0 Å². The van der Waals surface area contributed by atoms with E-state index in [2.05, 4.69) is 19.9 Å². The molecule has 3 heteroatoms. The summed E-state index contributed by atoms with van der Waals surface area (Å²) in [4.78, 5) is 0. The van der Waals surface area contributed by atoms with E-state index in [0.29, 0.717) is 5.92 Å². The van der Waals surface area contributed by atoms with Gasteiger partial charge in [0.05, 0.1) is 11.4 Å². The SMILES string of the molecule is Cc1c(C2CCCCC2)cc(N)c(N)c1C.Cl. The minimum Gasteiger partial charge on any atom is -0.397 e. The second-order valence-corrected chi connectivity index (χ2v) is 5.05. The lowest BCUT2D eigenvalue weighted by Gasteiger charge is -2.25. The molecule has 17 heavy (non-hydrogen) atoms. The Labute approximate surface area is 110 Å². The lowest BCUT2D eigenvalue weighted by atomic mass is 9.81. The standard InChI is InChI=1S/C14H22N2.ClH/c1-9-10(2)14(16)13(15)8-12(9)11-6-4-3-5-7-11;/h8,11H,3-7,15-16H2,1-2H3;1H. The fourth-order valence-corrected chi connectivity index (χ4v) is 2.83. The molecule has 1 saturated carbocycles. The van der Waals surface area contributed by atoms with Crippen molar-refractivity contribution in [2.24, 2.45) is 0 Å². The fourth-order valence-electron chi connectivity index (χ4n) is 2.83. The molecule has 0 radical (unpaired) electrons. The molecule has 1 aliphatic carbocycles. The Morgan fingerprint density at radius 2 is 1.59 bits per heavy atom. The third-order valence-electron chi connectivity index (χ3n) is 4.07. The maximum atomic E-state index is 5.97. The lowest BCUT2D eigenvalue weighted by molar-refractivity contribution is 0.442. The van der Waals surface area contributed by atoms with Crippen LogP contribution in [0, 0.1) is 13.8 Å². The Balaban J connectivity index is 0.00000144. The first-order valence-electron chi connectivity index (χ1n) is 6.26. The van der Waals surface area contributed by atoms with Gasteiger partial charge in [-0.05, 0) is 55.4 Å². The van der Waals surface area contributed by atoms with E-state index in [1.165, 1.54) is 48.8 Å². The third-order valence-corrected chi connectivity index (χ3v) is 4.07. The number of hydrogen-bond donors (Lipinski definition) is 2. The Morgan fingerprint density at radius 3 is 2.18 bits per heavy atom. The van der Waals surface area contributed by atoms with Gasteiger partial charge in [-0.1, -0.05) is 19.3 Å². The van der Waals surface area contributed by atoms with Crippen molar-refractivity contribution in [3.63, 3.8) is 0 Å². The smallest absolute Gasteiger partial charge is 0.0580 e. The van der Waals surface area contributed by atoms with Crippen LogP contribution in [0.3, 0.4) is 0 Å². The van der Waals surface area contributed by atoms with E-state index in [-0.39, 0.29) is 12.4 Å². The van der Waals surface area contributed by atoms with Crippen molar-refractivity contribution in [2.45, 2.75) is 51.9 Å². The predicted molar refractivity (Wildman–Crippen MR) is 77.8 cm³/mol. The molecule has 0 heterocycles. The average Bonchev–Trinajstić information content (AvgIpc) is 2.32. The maximum absolute atomic E-state index is 5.97. The number of hydrogen-bond acceptors (Lipinski definition) is 2. The predicted octanol–water partition coefficient (Wildman–Crippen LogP) is 3.94. The molecular formula is C14H23ClN2. The molecule has 0 bridgehead atoms. The molecule has 2 nitrogen and oxygen atoms in total. The number of nitrogens with two attached hydrogens (primary N) is 2. The van der Waals surface area contributed by atoms with Crippen LogP contribution >= 0.6 is 12.4 Å². The van der Waals surface area contributed by atoms with Crippen LogP contribution in [0.4, 0.5) is 11.4 Å². The van der Waals surface area contributed by atoms with Crippen LogP contribution in [0.2, 0.25) is 0 Å². The van der Waals surface area contributed by atoms with Gasteiger partial charge in [0.1, 0.15) is 0 Å². The minimum absolute atomic E-state index is 0. The molecule has 1 aromatic carbocycles. The zero-order valence-electron chi connectivity index (χ0n) is 10.8. The molecular weight excluding hydrogens is 232 g/mol. The molecule has 0 aromatic heterocycles. The molecule has 2 rings (SSSR count). The van der Waals surface area contributed by atoms with Gasteiger partial charge in [-0.15, -0.1) is 12.4 Å². The van der Waals surface area contributed by atoms with E-state index in [4.69, 9.17) is 11.5 Å². The van der Waals surface area contributed by atoms with Crippen molar-refractivity contribution in [1.82, 2.24) is 0 Å². The van der Waals surface area contributed by atoms with Gasteiger partial charge in [-0.3, -0.25) is 0 Å². The Morgan fingerprint density at radius 1 is 1.00 bits per heavy atom. The maximum Gasteiger partial charge on any atom is 0.0580 e. The molecule has 0 aliphatic heterocycles. The van der Waals surface area contributed by atoms with Gasteiger partial charge in [0.25, 0.3) is 0 Å². The highest BCUT2D eigenvalue weighted by Gasteiger charge is 2.19. The zero-order valence-corrected chi connectivity index (χ0v) is 11.6. The van der Waals surface area contributed by atoms with Crippen molar-refractivity contribution in [2.75, 3.05) is 11.5 Å². The topological polar surface area (TPSA) is 52.0 Å². The van der Waals surface area contributed by atoms with Crippen LogP contribution in [-0.4, -0.2) is 0 Å². The molecule has 0 amide bonds. The summed E-state index contributed by atoms with van der Waals surface area (Å²) in [6.45, 7) is 4.25. The molecule has 0 saturated heterocycles. The van der Waals surface area contributed by atoms with Crippen LogP contribution in [0.5, 0.6) is 0 Å². The van der Waals surface area contributed by atoms with E-state index in [9.17, 15) is 0 Å². The van der Waals surface area contributed by atoms with Crippen molar-refractivity contribution >= 4 is 23.8 Å². The van der Waals surface area contributed by atoms with Gasteiger partial charge in [-0.25, -0.2) is 0 Å². The first-order valence-corrected chi connectivity index (χ1v) is 6.26. The molecule has 1 fully saturated rings. The van der Waals surface area contributed by atoms with Gasteiger partial charge in [0, 0.05) is 0 Å². The number of anilines is 2.